The Bertz CT molecular complexity index is 451. The first-order valence-electron chi connectivity index (χ1n) is 5.96. The number of hydrogen-bond donors (Lipinski definition) is 2. The van der Waals surface area contributed by atoms with Crippen LogP contribution in [0.3, 0.4) is 0 Å². The first kappa shape index (κ1) is 16.2. The second-order valence-electron chi connectivity index (χ2n) is 4.64. The lowest BCUT2D eigenvalue weighted by Gasteiger charge is -2.26. The third-order valence-electron chi connectivity index (χ3n) is 2.44. The van der Waals surface area contributed by atoms with E-state index in [1.807, 2.05) is 6.07 Å². The summed E-state index contributed by atoms with van der Waals surface area (Å²) in [7, 11) is 0. The molecule has 1 aromatic heterocycles. The fourth-order valence-electron chi connectivity index (χ4n) is 1.66. The molecule has 0 aliphatic carbocycles. The number of oxime groups is 1. The van der Waals surface area contributed by atoms with E-state index in [4.69, 9.17) is 10.9 Å². The van der Waals surface area contributed by atoms with E-state index in [-0.39, 0.29) is 5.84 Å². The van der Waals surface area contributed by atoms with Crippen molar-refractivity contribution in [3.8, 4) is 0 Å². The van der Waals surface area contributed by atoms with E-state index in [2.05, 4.69) is 60.7 Å². The van der Waals surface area contributed by atoms with Gasteiger partial charge >= 0.3 is 0 Å². The summed E-state index contributed by atoms with van der Waals surface area (Å²) in [5.41, 5.74) is 5.53. The van der Waals surface area contributed by atoms with Crippen molar-refractivity contribution < 1.29 is 5.21 Å². The number of rotatable bonds is 6. The van der Waals surface area contributed by atoms with Crippen molar-refractivity contribution >= 4 is 43.5 Å². The molecule has 0 spiro atoms. The highest BCUT2D eigenvalue weighted by atomic mass is 79.9. The molecule has 1 rings (SSSR count). The molecule has 1 heterocycles. The Labute approximate surface area is 130 Å². The Morgan fingerprint density at radius 1 is 1.53 bits per heavy atom. The molecule has 0 aliphatic rings. The van der Waals surface area contributed by atoms with Crippen molar-refractivity contribution in [2.75, 3.05) is 18.0 Å². The third-order valence-corrected chi connectivity index (χ3v) is 3.46. The maximum atomic E-state index is 8.60. The van der Waals surface area contributed by atoms with Crippen molar-refractivity contribution in [1.29, 1.82) is 0 Å². The average molecular weight is 394 g/mol. The van der Waals surface area contributed by atoms with Crippen molar-refractivity contribution in [1.82, 2.24) is 4.98 Å². The van der Waals surface area contributed by atoms with Gasteiger partial charge < -0.3 is 15.8 Å². The van der Waals surface area contributed by atoms with Crippen LogP contribution >= 0.6 is 31.9 Å². The molecule has 5 nitrogen and oxygen atoms in total. The number of halogens is 2. The molecule has 7 heteroatoms. The quantitative estimate of drug-likeness (QED) is 0.337. The van der Waals surface area contributed by atoms with Gasteiger partial charge in [0, 0.05) is 30.2 Å². The number of amidine groups is 1. The van der Waals surface area contributed by atoms with E-state index in [9.17, 15) is 0 Å². The lowest BCUT2D eigenvalue weighted by Crippen LogP contribution is -2.32. The van der Waals surface area contributed by atoms with Crippen molar-refractivity contribution in [2.24, 2.45) is 16.8 Å². The molecular formula is C12H18Br2N4O. The van der Waals surface area contributed by atoms with Crippen LogP contribution in [0.25, 0.3) is 0 Å². The fraction of sp³-hybridized carbons (Fsp3) is 0.500. The van der Waals surface area contributed by atoms with Crippen molar-refractivity contribution in [3.63, 3.8) is 0 Å². The van der Waals surface area contributed by atoms with Crippen LogP contribution in [-0.4, -0.2) is 29.1 Å². The Balaban J connectivity index is 2.89. The number of nitrogens with zero attached hydrogens (tertiary/aromatic N) is 3. The molecule has 0 saturated heterocycles. The first-order valence-corrected chi connectivity index (χ1v) is 7.55. The zero-order valence-corrected chi connectivity index (χ0v) is 14.1. The Morgan fingerprint density at radius 2 is 2.21 bits per heavy atom. The van der Waals surface area contributed by atoms with Crippen molar-refractivity contribution in [3.05, 3.63) is 21.2 Å². The molecule has 19 heavy (non-hydrogen) atoms. The van der Waals surface area contributed by atoms with Crippen LogP contribution in [0, 0.1) is 5.92 Å². The lowest BCUT2D eigenvalue weighted by atomic mass is 10.2. The molecule has 0 fully saturated rings. The zero-order valence-electron chi connectivity index (χ0n) is 11.0. The van der Waals surface area contributed by atoms with Gasteiger partial charge in [-0.25, -0.2) is 4.98 Å². The molecule has 0 unspecified atom stereocenters. The summed E-state index contributed by atoms with van der Waals surface area (Å²) in [5.74, 6) is 1.58. The molecule has 0 aromatic carbocycles. The second-order valence-corrected chi connectivity index (χ2v) is 6.41. The van der Waals surface area contributed by atoms with Gasteiger partial charge in [-0.3, -0.25) is 0 Å². The Hall–Kier alpha value is -0.820. The summed E-state index contributed by atoms with van der Waals surface area (Å²) in [5, 5.41) is 11.6. The molecule has 0 bridgehead atoms. The van der Waals surface area contributed by atoms with Crippen LogP contribution in [0.15, 0.2) is 26.4 Å². The molecule has 1 aromatic rings. The highest BCUT2D eigenvalue weighted by Crippen LogP contribution is 2.27. The number of pyridine rings is 1. The van der Waals surface area contributed by atoms with Gasteiger partial charge in [-0.1, -0.05) is 19.0 Å². The Morgan fingerprint density at radius 3 is 2.74 bits per heavy atom. The molecule has 0 aliphatic heterocycles. The summed E-state index contributed by atoms with van der Waals surface area (Å²) < 4.78 is 1.84. The molecule has 0 atom stereocenters. The van der Waals surface area contributed by atoms with Crippen molar-refractivity contribution in [2.45, 2.75) is 20.3 Å². The summed E-state index contributed by atoms with van der Waals surface area (Å²) in [6.07, 6.45) is 2.25. The smallest absolute Gasteiger partial charge is 0.142 e. The van der Waals surface area contributed by atoms with Gasteiger partial charge in [0.2, 0.25) is 0 Å². The minimum atomic E-state index is 0.224. The van der Waals surface area contributed by atoms with Crippen LogP contribution in [0.5, 0.6) is 0 Å². The number of aromatic nitrogens is 1. The zero-order chi connectivity index (χ0) is 14.4. The van der Waals surface area contributed by atoms with E-state index in [1.165, 1.54) is 0 Å². The lowest BCUT2D eigenvalue weighted by molar-refractivity contribution is 0.317. The SMILES string of the molecule is CC(C)CN(CCC(N)=NO)c1ncc(Br)cc1Br. The van der Waals surface area contributed by atoms with Gasteiger partial charge in [-0.15, -0.1) is 0 Å². The first-order chi connectivity index (χ1) is 8.93. The van der Waals surface area contributed by atoms with E-state index in [0.717, 1.165) is 21.3 Å². The van der Waals surface area contributed by atoms with Crippen LogP contribution in [0.1, 0.15) is 20.3 Å². The van der Waals surface area contributed by atoms with E-state index in [0.29, 0.717) is 18.9 Å². The van der Waals surface area contributed by atoms with Gasteiger partial charge in [0.25, 0.3) is 0 Å². The van der Waals surface area contributed by atoms with Gasteiger partial charge in [0.05, 0.1) is 4.47 Å². The minimum absolute atomic E-state index is 0.224. The molecule has 106 valence electrons. The predicted octanol–water partition coefficient (Wildman–Crippen LogP) is 3.21. The number of nitrogens with two attached hydrogens (primary N) is 1. The fourth-order valence-corrected chi connectivity index (χ4v) is 2.90. The number of anilines is 1. The molecule has 0 amide bonds. The highest BCUT2D eigenvalue weighted by Gasteiger charge is 2.14. The summed E-state index contributed by atoms with van der Waals surface area (Å²) in [6.45, 7) is 5.79. The monoisotopic (exact) mass is 392 g/mol. The summed E-state index contributed by atoms with van der Waals surface area (Å²) in [6, 6.07) is 1.96. The van der Waals surface area contributed by atoms with Crippen LogP contribution in [0.4, 0.5) is 5.82 Å². The van der Waals surface area contributed by atoms with Gasteiger partial charge in [-0.2, -0.15) is 0 Å². The van der Waals surface area contributed by atoms with Crippen LogP contribution < -0.4 is 10.6 Å². The van der Waals surface area contributed by atoms with Crippen LogP contribution in [-0.2, 0) is 0 Å². The van der Waals surface area contributed by atoms with E-state index < -0.39 is 0 Å². The highest BCUT2D eigenvalue weighted by molar-refractivity contribution is 9.11. The van der Waals surface area contributed by atoms with Gasteiger partial charge in [-0.05, 0) is 43.8 Å². The average Bonchev–Trinajstić information content (AvgIpc) is 2.34. The largest absolute Gasteiger partial charge is 0.409 e. The van der Waals surface area contributed by atoms with E-state index >= 15 is 0 Å². The number of hydrogen-bond acceptors (Lipinski definition) is 4. The predicted molar refractivity (Wildman–Crippen MR) is 84.7 cm³/mol. The second kappa shape index (κ2) is 7.69. The van der Waals surface area contributed by atoms with Gasteiger partial charge in [0.15, 0.2) is 0 Å². The standard InChI is InChI=1S/C12H18Br2N4O/c1-8(2)7-18(4-3-11(15)17-19)12-10(14)5-9(13)6-16-12/h5-6,8,19H,3-4,7H2,1-2H3,(H2,15,17). The molecule has 0 saturated carbocycles. The summed E-state index contributed by atoms with van der Waals surface area (Å²) in [4.78, 5) is 6.55. The molecular weight excluding hydrogens is 376 g/mol. The van der Waals surface area contributed by atoms with Gasteiger partial charge in [0.1, 0.15) is 11.7 Å². The normalized spacial score (nSPS) is 11.9. The summed E-state index contributed by atoms with van der Waals surface area (Å²) >= 11 is 6.90. The van der Waals surface area contributed by atoms with Crippen LogP contribution in [0.2, 0.25) is 0 Å². The maximum absolute atomic E-state index is 8.60. The molecule has 0 radical (unpaired) electrons. The minimum Gasteiger partial charge on any atom is -0.409 e. The molecule has 3 N–H and O–H groups in total. The third kappa shape index (κ3) is 5.36. The Kier molecular flexibility index (Phi) is 6.57. The maximum Gasteiger partial charge on any atom is 0.142 e. The topological polar surface area (TPSA) is 74.7 Å². The van der Waals surface area contributed by atoms with E-state index in [1.54, 1.807) is 6.20 Å².